The molecule has 1 aromatic carbocycles. The molecule has 1 heterocycles. The summed E-state index contributed by atoms with van der Waals surface area (Å²) in [4.78, 5) is 5.53. The van der Waals surface area contributed by atoms with Crippen molar-refractivity contribution in [2.75, 3.05) is 5.32 Å². The zero-order chi connectivity index (χ0) is 14.7. The highest BCUT2D eigenvalue weighted by Gasteiger charge is 2.13. The van der Waals surface area contributed by atoms with Crippen LogP contribution in [-0.4, -0.2) is 11.6 Å². The summed E-state index contributed by atoms with van der Waals surface area (Å²) in [7, 11) is 0. The summed E-state index contributed by atoms with van der Waals surface area (Å²) >= 11 is 1.63. The smallest absolute Gasteiger partial charge is 0.387 e. The summed E-state index contributed by atoms with van der Waals surface area (Å²) in [5, 5.41) is 4.29. The third-order valence-corrected chi connectivity index (χ3v) is 4.03. The molecule has 2 aromatic rings. The van der Waals surface area contributed by atoms with E-state index < -0.39 is 6.61 Å². The van der Waals surface area contributed by atoms with Gasteiger partial charge in [-0.1, -0.05) is 6.07 Å². The number of rotatable bonds is 5. The Kier molecular flexibility index (Phi) is 4.54. The average Bonchev–Trinajstić information content (AvgIpc) is 2.68. The van der Waals surface area contributed by atoms with Gasteiger partial charge in [-0.3, -0.25) is 0 Å². The van der Waals surface area contributed by atoms with Crippen molar-refractivity contribution in [1.82, 2.24) is 4.98 Å². The van der Waals surface area contributed by atoms with Crippen LogP contribution in [0.3, 0.4) is 0 Å². The van der Waals surface area contributed by atoms with E-state index in [1.807, 2.05) is 26.8 Å². The van der Waals surface area contributed by atoms with Crippen LogP contribution >= 0.6 is 11.3 Å². The number of alkyl halides is 2. The summed E-state index contributed by atoms with van der Waals surface area (Å²) in [5.74, 6) is 0.148. The number of hydrogen-bond donors (Lipinski definition) is 1. The third kappa shape index (κ3) is 3.66. The molecule has 0 aliphatic heterocycles. The Balaban J connectivity index is 2.11. The van der Waals surface area contributed by atoms with Crippen LogP contribution in [0.1, 0.15) is 28.5 Å². The lowest BCUT2D eigenvalue weighted by Crippen LogP contribution is -2.07. The van der Waals surface area contributed by atoms with Gasteiger partial charge in [0.2, 0.25) is 0 Å². The van der Waals surface area contributed by atoms with Gasteiger partial charge in [0.1, 0.15) is 5.75 Å². The molecule has 0 bridgehead atoms. The first-order valence-electron chi connectivity index (χ1n) is 6.21. The van der Waals surface area contributed by atoms with Crippen LogP contribution in [0.5, 0.6) is 5.75 Å². The summed E-state index contributed by atoms with van der Waals surface area (Å²) < 4.78 is 28.8. The molecule has 0 radical (unpaired) electrons. The molecule has 20 heavy (non-hydrogen) atoms. The quantitative estimate of drug-likeness (QED) is 0.880. The minimum absolute atomic E-state index is 0.0583. The van der Waals surface area contributed by atoms with Gasteiger partial charge in [-0.05, 0) is 32.9 Å². The molecule has 2 rings (SSSR count). The highest BCUT2D eigenvalue weighted by molar-refractivity contribution is 7.11. The number of anilines is 1. The summed E-state index contributed by atoms with van der Waals surface area (Å²) in [6.45, 7) is 3.13. The molecular formula is C14H16F2N2OS. The van der Waals surface area contributed by atoms with E-state index in [4.69, 9.17) is 0 Å². The first-order chi connectivity index (χ1) is 9.45. The van der Waals surface area contributed by atoms with E-state index in [1.54, 1.807) is 23.5 Å². The predicted octanol–water partition coefficient (Wildman–Crippen LogP) is 4.53. The number of benzene rings is 1. The van der Waals surface area contributed by atoms with Gasteiger partial charge < -0.3 is 10.1 Å². The van der Waals surface area contributed by atoms with Crippen molar-refractivity contribution < 1.29 is 13.5 Å². The minimum atomic E-state index is -2.81. The highest BCUT2D eigenvalue weighted by atomic mass is 32.1. The molecule has 1 N–H and O–H groups in total. The van der Waals surface area contributed by atoms with E-state index in [0.717, 1.165) is 21.3 Å². The van der Waals surface area contributed by atoms with Gasteiger partial charge in [0, 0.05) is 16.6 Å². The summed E-state index contributed by atoms with van der Waals surface area (Å²) in [5.41, 5.74) is 1.73. The molecule has 0 aliphatic rings. The maximum Gasteiger partial charge on any atom is 0.387 e. The lowest BCUT2D eigenvalue weighted by atomic mass is 10.2. The Hall–Kier alpha value is -1.69. The van der Waals surface area contributed by atoms with E-state index in [2.05, 4.69) is 15.0 Å². The van der Waals surface area contributed by atoms with E-state index in [1.165, 1.54) is 6.07 Å². The second kappa shape index (κ2) is 6.17. The van der Waals surface area contributed by atoms with Crippen LogP contribution in [0.4, 0.5) is 14.5 Å². The maximum absolute atomic E-state index is 12.2. The molecule has 6 heteroatoms. The fourth-order valence-corrected chi connectivity index (χ4v) is 2.96. The molecule has 3 nitrogen and oxygen atoms in total. The standard InChI is InChI=1S/C14H16F2N2OS/c1-8-13(20-10(3)17-8)9(2)18-11-5-4-6-12(7-11)19-14(15)16/h4-7,9,14,18H,1-3H3. The largest absolute Gasteiger partial charge is 0.435 e. The highest BCUT2D eigenvalue weighted by Crippen LogP contribution is 2.28. The zero-order valence-corrected chi connectivity index (χ0v) is 12.3. The van der Waals surface area contributed by atoms with Crippen molar-refractivity contribution in [1.29, 1.82) is 0 Å². The molecule has 1 unspecified atom stereocenters. The predicted molar refractivity (Wildman–Crippen MR) is 76.7 cm³/mol. The molecule has 0 spiro atoms. The lowest BCUT2D eigenvalue weighted by Gasteiger charge is -2.15. The number of nitrogens with zero attached hydrogens (tertiary/aromatic N) is 1. The van der Waals surface area contributed by atoms with Crippen LogP contribution in [-0.2, 0) is 0 Å². The van der Waals surface area contributed by atoms with Gasteiger partial charge in [0.25, 0.3) is 0 Å². The second-order valence-corrected chi connectivity index (χ2v) is 5.69. The Morgan fingerprint density at radius 2 is 2.05 bits per heavy atom. The van der Waals surface area contributed by atoms with Crippen LogP contribution < -0.4 is 10.1 Å². The van der Waals surface area contributed by atoms with Crippen LogP contribution in [0.25, 0.3) is 0 Å². The molecule has 0 amide bonds. The minimum Gasteiger partial charge on any atom is -0.435 e. The van der Waals surface area contributed by atoms with Crippen molar-refractivity contribution in [3.8, 4) is 5.75 Å². The average molecular weight is 298 g/mol. The number of thiazole rings is 1. The Bertz CT molecular complexity index is 586. The number of aryl methyl sites for hydroxylation is 2. The number of aromatic nitrogens is 1. The van der Waals surface area contributed by atoms with Gasteiger partial charge in [0.05, 0.1) is 16.7 Å². The van der Waals surface area contributed by atoms with Crippen LogP contribution in [0.15, 0.2) is 24.3 Å². The Morgan fingerprint density at radius 3 is 2.65 bits per heavy atom. The monoisotopic (exact) mass is 298 g/mol. The Morgan fingerprint density at radius 1 is 1.30 bits per heavy atom. The topological polar surface area (TPSA) is 34.2 Å². The van der Waals surface area contributed by atoms with Gasteiger partial charge in [-0.2, -0.15) is 8.78 Å². The van der Waals surface area contributed by atoms with Gasteiger partial charge in [-0.15, -0.1) is 11.3 Å². The summed E-state index contributed by atoms with van der Waals surface area (Å²) in [6.07, 6.45) is 0. The molecule has 0 aliphatic carbocycles. The number of hydrogen-bond acceptors (Lipinski definition) is 4. The molecule has 0 saturated carbocycles. The normalized spacial score (nSPS) is 12.5. The van der Waals surface area contributed by atoms with Crippen molar-refractivity contribution in [2.24, 2.45) is 0 Å². The summed E-state index contributed by atoms with van der Waals surface area (Å²) in [6, 6.07) is 6.62. The zero-order valence-electron chi connectivity index (χ0n) is 11.5. The van der Waals surface area contributed by atoms with Crippen LogP contribution in [0, 0.1) is 13.8 Å². The number of ether oxygens (including phenoxy) is 1. The van der Waals surface area contributed by atoms with Crippen molar-refractivity contribution in [3.63, 3.8) is 0 Å². The molecule has 1 atom stereocenters. The van der Waals surface area contributed by atoms with Crippen molar-refractivity contribution in [3.05, 3.63) is 39.8 Å². The molecular weight excluding hydrogens is 282 g/mol. The molecule has 1 aromatic heterocycles. The molecule has 108 valence electrons. The van der Waals surface area contributed by atoms with Gasteiger partial charge in [-0.25, -0.2) is 4.98 Å². The number of halogens is 2. The van der Waals surface area contributed by atoms with E-state index in [-0.39, 0.29) is 11.8 Å². The fraction of sp³-hybridized carbons (Fsp3) is 0.357. The third-order valence-electron chi connectivity index (χ3n) is 2.78. The van der Waals surface area contributed by atoms with Gasteiger partial charge in [0.15, 0.2) is 0 Å². The second-order valence-electron chi connectivity index (χ2n) is 4.45. The molecule has 0 saturated heterocycles. The van der Waals surface area contributed by atoms with E-state index in [0.29, 0.717) is 0 Å². The first-order valence-corrected chi connectivity index (χ1v) is 7.02. The van der Waals surface area contributed by atoms with Crippen molar-refractivity contribution >= 4 is 17.0 Å². The first kappa shape index (κ1) is 14.7. The van der Waals surface area contributed by atoms with E-state index in [9.17, 15) is 8.78 Å². The Labute approximate surface area is 120 Å². The van der Waals surface area contributed by atoms with Crippen molar-refractivity contribution in [2.45, 2.75) is 33.4 Å². The maximum atomic E-state index is 12.2. The number of nitrogens with one attached hydrogen (secondary N) is 1. The van der Waals surface area contributed by atoms with Crippen LogP contribution in [0.2, 0.25) is 0 Å². The SMILES string of the molecule is Cc1nc(C)c(C(C)Nc2cccc(OC(F)F)c2)s1. The molecule has 0 fully saturated rings. The van der Waals surface area contributed by atoms with Gasteiger partial charge >= 0.3 is 6.61 Å². The van der Waals surface area contributed by atoms with E-state index >= 15 is 0 Å². The fourth-order valence-electron chi connectivity index (χ4n) is 2.03. The lowest BCUT2D eigenvalue weighted by molar-refractivity contribution is -0.0498.